The molecule has 0 bridgehead atoms. The Bertz CT molecular complexity index is 136. The second-order valence-electron chi connectivity index (χ2n) is 5.22. The summed E-state index contributed by atoms with van der Waals surface area (Å²) in [6.45, 7) is 7.25. The van der Waals surface area contributed by atoms with Crippen molar-refractivity contribution in [3.05, 3.63) is 0 Å². The lowest BCUT2D eigenvalue weighted by Gasteiger charge is -2.34. The summed E-state index contributed by atoms with van der Waals surface area (Å²) in [5.41, 5.74) is 0.664. The summed E-state index contributed by atoms with van der Waals surface area (Å²) in [4.78, 5) is 0. The van der Waals surface area contributed by atoms with Crippen molar-refractivity contribution in [3.8, 4) is 0 Å². The van der Waals surface area contributed by atoms with Gasteiger partial charge in [-0.25, -0.2) is 0 Å². The molecule has 0 aromatic heterocycles. The van der Waals surface area contributed by atoms with Gasteiger partial charge >= 0.3 is 0 Å². The highest BCUT2D eigenvalue weighted by molar-refractivity contribution is 4.80. The van der Waals surface area contributed by atoms with Crippen LogP contribution in [-0.2, 0) is 0 Å². The highest BCUT2D eigenvalue weighted by Crippen LogP contribution is 2.33. The van der Waals surface area contributed by atoms with E-state index in [1.165, 1.54) is 64.5 Å². The van der Waals surface area contributed by atoms with Gasteiger partial charge < -0.3 is 5.32 Å². The summed E-state index contributed by atoms with van der Waals surface area (Å²) >= 11 is 0. The molecule has 1 heteroatoms. The van der Waals surface area contributed by atoms with Crippen LogP contribution >= 0.6 is 0 Å². The maximum atomic E-state index is 3.45. The lowest BCUT2D eigenvalue weighted by Crippen LogP contribution is -2.34. The van der Waals surface area contributed by atoms with E-state index in [2.05, 4.69) is 19.2 Å². The average Bonchev–Trinajstić information content (AvgIpc) is 2.18. The Morgan fingerprint density at radius 3 is 2.29 bits per heavy atom. The van der Waals surface area contributed by atoms with Gasteiger partial charge in [-0.05, 0) is 37.8 Å². The second-order valence-corrected chi connectivity index (χ2v) is 5.22. The number of piperidine rings is 1. The first-order valence-electron chi connectivity index (χ1n) is 6.47. The molecule has 0 saturated carbocycles. The van der Waals surface area contributed by atoms with Crippen molar-refractivity contribution in [2.45, 2.75) is 65.2 Å². The maximum absolute atomic E-state index is 3.45. The van der Waals surface area contributed by atoms with Crippen LogP contribution in [0.3, 0.4) is 0 Å². The molecule has 0 aromatic rings. The molecule has 1 saturated heterocycles. The van der Waals surface area contributed by atoms with E-state index >= 15 is 0 Å². The maximum Gasteiger partial charge on any atom is -0.00437 e. The minimum Gasteiger partial charge on any atom is -0.317 e. The zero-order valence-electron chi connectivity index (χ0n) is 10.1. The quantitative estimate of drug-likeness (QED) is 0.640. The molecular weight excluding hydrogens is 170 g/mol. The highest BCUT2D eigenvalue weighted by atomic mass is 14.9. The molecule has 0 spiro atoms. The number of nitrogens with one attached hydrogen (secondary N) is 1. The molecule has 1 aliphatic heterocycles. The Labute approximate surface area is 89.7 Å². The van der Waals surface area contributed by atoms with Gasteiger partial charge in [0.15, 0.2) is 0 Å². The van der Waals surface area contributed by atoms with E-state index in [1.807, 2.05) is 0 Å². The summed E-state index contributed by atoms with van der Waals surface area (Å²) in [5.74, 6) is 0. The van der Waals surface area contributed by atoms with Crippen LogP contribution in [0.2, 0.25) is 0 Å². The first-order chi connectivity index (χ1) is 6.77. The molecule has 0 aromatic carbocycles. The zero-order valence-corrected chi connectivity index (χ0v) is 10.1. The monoisotopic (exact) mass is 197 g/mol. The predicted molar refractivity (Wildman–Crippen MR) is 63.6 cm³/mol. The van der Waals surface area contributed by atoms with Gasteiger partial charge in [-0.3, -0.25) is 0 Å². The van der Waals surface area contributed by atoms with E-state index in [0.29, 0.717) is 5.41 Å². The van der Waals surface area contributed by atoms with E-state index < -0.39 is 0 Å². The SMILES string of the molecule is CCCCCCCC1(C)CCNCC1. The molecule has 0 aliphatic carbocycles. The van der Waals surface area contributed by atoms with Crippen LogP contribution < -0.4 is 5.32 Å². The summed E-state index contributed by atoms with van der Waals surface area (Å²) in [5, 5.41) is 3.45. The van der Waals surface area contributed by atoms with Crippen molar-refractivity contribution >= 4 is 0 Å². The van der Waals surface area contributed by atoms with E-state index in [0.717, 1.165) is 0 Å². The molecule has 1 heterocycles. The van der Waals surface area contributed by atoms with Crippen LogP contribution in [0.25, 0.3) is 0 Å². The van der Waals surface area contributed by atoms with Crippen molar-refractivity contribution in [3.63, 3.8) is 0 Å². The molecule has 14 heavy (non-hydrogen) atoms. The van der Waals surface area contributed by atoms with Crippen LogP contribution in [0.15, 0.2) is 0 Å². The summed E-state index contributed by atoms with van der Waals surface area (Å²) in [6, 6.07) is 0. The fourth-order valence-corrected chi connectivity index (χ4v) is 2.44. The summed E-state index contributed by atoms with van der Waals surface area (Å²) in [6.07, 6.45) is 11.4. The second kappa shape index (κ2) is 6.44. The number of hydrogen-bond acceptors (Lipinski definition) is 1. The van der Waals surface area contributed by atoms with Crippen molar-refractivity contribution in [2.24, 2.45) is 5.41 Å². The third kappa shape index (κ3) is 4.45. The largest absolute Gasteiger partial charge is 0.317 e. The fourth-order valence-electron chi connectivity index (χ4n) is 2.44. The molecule has 1 fully saturated rings. The Morgan fingerprint density at radius 2 is 1.64 bits per heavy atom. The number of hydrogen-bond donors (Lipinski definition) is 1. The molecule has 0 amide bonds. The van der Waals surface area contributed by atoms with E-state index in [9.17, 15) is 0 Å². The molecule has 1 nitrogen and oxygen atoms in total. The fraction of sp³-hybridized carbons (Fsp3) is 1.00. The van der Waals surface area contributed by atoms with Gasteiger partial charge in [0, 0.05) is 0 Å². The van der Waals surface area contributed by atoms with E-state index in [1.54, 1.807) is 0 Å². The van der Waals surface area contributed by atoms with Gasteiger partial charge in [0.2, 0.25) is 0 Å². The average molecular weight is 197 g/mol. The lowest BCUT2D eigenvalue weighted by molar-refractivity contribution is 0.204. The molecule has 0 radical (unpaired) electrons. The van der Waals surface area contributed by atoms with Gasteiger partial charge in [0.25, 0.3) is 0 Å². The molecular formula is C13H27N. The first-order valence-corrected chi connectivity index (χ1v) is 6.47. The standard InChI is InChI=1S/C13H27N/c1-3-4-5-6-7-8-13(2)9-11-14-12-10-13/h14H,3-12H2,1-2H3. The van der Waals surface area contributed by atoms with Crippen molar-refractivity contribution in [1.82, 2.24) is 5.32 Å². The minimum atomic E-state index is 0.664. The van der Waals surface area contributed by atoms with Gasteiger partial charge in [0.1, 0.15) is 0 Å². The summed E-state index contributed by atoms with van der Waals surface area (Å²) < 4.78 is 0. The van der Waals surface area contributed by atoms with Crippen LogP contribution in [0, 0.1) is 5.41 Å². The Hall–Kier alpha value is -0.0400. The van der Waals surface area contributed by atoms with Crippen molar-refractivity contribution in [1.29, 1.82) is 0 Å². The summed E-state index contributed by atoms with van der Waals surface area (Å²) in [7, 11) is 0. The van der Waals surface area contributed by atoms with Gasteiger partial charge in [-0.1, -0.05) is 46.0 Å². The molecule has 1 N–H and O–H groups in total. The molecule has 0 unspecified atom stereocenters. The van der Waals surface area contributed by atoms with Crippen LogP contribution in [0.1, 0.15) is 65.2 Å². The van der Waals surface area contributed by atoms with Crippen LogP contribution in [-0.4, -0.2) is 13.1 Å². The Balaban J connectivity index is 2.03. The van der Waals surface area contributed by atoms with Gasteiger partial charge in [0.05, 0.1) is 0 Å². The van der Waals surface area contributed by atoms with Crippen LogP contribution in [0.4, 0.5) is 0 Å². The number of rotatable bonds is 6. The van der Waals surface area contributed by atoms with Gasteiger partial charge in [-0.15, -0.1) is 0 Å². The third-order valence-corrected chi connectivity index (χ3v) is 3.69. The Morgan fingerprint density at radius 1 is 1.00 bits per heavy atom. The smallest absolute Gasteiger partial charge is 0.00437 e. The Kier molecular flexibility index (Phi) is 5.54. The van der Waals surface area contributed by atoms with Crippen molar-refractivity contribution in [2.75, 3.05) is 13.1 Å². The topological polar surface area (TPSA) is 12.0 Å². The normalized spacial score (nSPS) is 21.0. The zero-order chi connectivity index (χ0) is 10.3. The predicted octanol–water partition coefficient (Wildman–Crippen LogP) is 3.74. The number of unbranched alkanes of at least 4 members (excludes halogenated alkanes) is 4. The third-order valence-electron chi connectivity index (χ3n) is 3.69. The van der Waals surface area contributed by atoms with E-state index in [-0.39, 0.29) is 0 Å². The van der Waals surface area contributed by atoms with Gasteiger partial charge in [-0.2, -0.15) is 0 Å². The molecule has 84 valence electrons. The molecule has 1 aliphatic rings. The van der Waals surface area contributed by atoms with Crippen LogP contribution in [0.5, 0.6) is 0 Å². The van der Waals surface area contributed by atoms with E-state index in [4.69, 9.17) is 0 Å². The first kappa shape index (κ1) is 12.0. The van der Waals surface area contributed by atoms with Crippen molar-refractivity contribution < 1.29 is 0 Å². The minimum absolute atomic E-state index is 0.664. The molecule has 0 atom stereocenters. The lowest BCUT2D eigenvalue weighted by atomic mass is 9.77. The highest BCUT2D eigenvalue weighted by Gasteiger charge is 2.25. The molecule has 1 rings (SSSR count).